The van der Waals surface area contributed by atoms with Gasteiger partial charge in [-0.2, -0.15) is 0 Å². The normalized spacial score (nSPS) is 33.8. The summed E-state index contributed by atoms with van der Waals surface area (Å²) in [7, 11) is 0. The molecule has 0 fully saturated rings. The monoisotopic (exact) mass is 208 g/mol. The van der Waals surface area contributed by atoms with E-state index < -0.39 is 0 Å². The molecule has 15 heavy (non-hydrogen) atoms. The molecule has 0 aromatic carbocycles. The van der Waals surface area contributed by atoms with Gasteiger partial charge in [0.15, 0.2) is 0 Å². The summed E-state index contributed by atoms with van der Waals surface area (Å²) >= 11 is 0. The van der Waals surface area contributed by atoms with E-state index in [9.17, 15) is 5.11 Å². The highest BCUT2D eigenvalue weighted by Crippen LogP contribution is 2.52. The van der Waals surface area contributed by atoms with Gasteiger partial charge in [0.05, 0.1) is 6.10 Å². The van der Waals surface area contributed by atoms with Crippen LogP contribution in [0.3, 0.4) is 0 Å². The number of hydrogen-bond donors (Lipinski definition) is 1. The molecule has 2 aliphatic rings. The Bertz CT molecular complexity index is 296. The Hall–Kier alpha value is -0.300. The van der Waals surface area contributed by atoms with Gasteiger partial charge in [0.1, 0.15) is 0 Å². The molecule has 0 aromatic heterocycles. The second kappa shape index (κ2) is 3.35. The average molecular weight is 208 g/mol. The molecule has 0 amide bonds. The number of aliphatic hydroxyl groups excluding tert-OH is 1. The zero-order valence-electron chi connectivity index (χ0n) is 10.6. The lowest BCUT2D eigenvalue weighted by molar-refractivity contribution is 0.0474. The average Bonchev–Trinajstić information content (AvgIpc) is 2.12. The van der Waals surface area contributed by atoms with E-state index in [0.717, 1.165) is 12.8 Å². The first-order valence-electron chi connectivity index (χ1n) is 6.27. The quantitative estimate of drug-likeness (QED) is 0.602. The van der Waals surface area contributed by atoms with E-state index in [4.69, 9.17) is 0 Å². The maximum atomic E-state index is 10.1. The molecule has 0 aliphatic heterocycles. The Kier molecular flexibility index (Phi) is 2.50. The first kappa shape index (κ1) is 11.2. The van der Waals surface area contributed by atoms with Crippen molar-refractivity contribution in [3.8, 4) is 0 Å². The largest absolute Gasteiger partial charge is 0.392 e. The van der Waals surface area contributed by atoms with Crippen LogP contribution in [0, 0.1) is 10.8 Å². The molecule has 1 nitrogen and oxygen atoms in total. The molecule has 0 saturated carbocycles. The summed E-state index contributed by atoms with van der Waals surface area (Å²) < 4.78 is 0. The fraction of sp³-hybridized carbons (Fsp3) is 0.857. The van der Waals surface area contributed by atoms with Crippen molar-refractivity contribution < 1.29 is 5.11 Å². The SMILES string of the molecule is CC1(C)CCCC2=C1CC[C@@H](O)C2(C)C. The smallest absolute Gasteiger partial charge is 0.0631 e. The first-order chi connectivity index (χ1) is 6.86. The summed E-state index contributed by atoms with van der Waals surface area (Å²) in [5.41, 5.74) is 3.62. The molecule has 0 saturated heterocycles. The second-order valence-corrected chi connectivity index (χ2v) is 6.47. The van der Waals surface area contributed by atoms with E-state index >= 15 is 0 Å². The Labute approximate surface area is 93.6 Å². The van der Waals surface area contributed by atoms with Crippen LogP contribution in [-0.4, -0.2) is 11.2 Å². The molecule has 0 bridgehead atoms. The lowest BCUT2D eigenvalue weighted by atomic mass is 9.60. The summed E-state index contributed by atoms with van der Waals surface area (Å²) in [6.07, 6.45) is 5.76. The Morgan fingerprint density at radius 3 is 2.40 bits per heavy atom. The Morgan fingerprint density at radius 2 is 1.73 bits per heavy atom. The van der Waals surface area contributed by atoms with Gasteiger partial charge in [0.25, 0.3) is 0 Å². The van der Waals surface area contributed by atoms with Crippen LogP contribution in [0.5, 0.6) is 0 Å². The van der Waals surface area contributed by atoms with Crippen molar-refractivity contribution in [2.24, 2.45) is 10.8 Å². The van der Waals surface area contributed by atoms with Crippen molar-refractivity contribution in [3.05, 3.63) is 11.1 Å². The van der Waals surface area contributed by atoms with Crippen LogP contribution >= 0.6 is 0 Å². The van der Waals surface area contributed by atoms with Crippen LogP contribution in [0.2, 0.25) is 0 Å². The van der Waals surface area contributed by atoms with Gasteiger partial charge in [-0.3, -0.25) is 0 Å². The number of rotatable bonds is 0. The predicted molar refractivity (Wildman–Crippen MR) is 63.7 cm³/mol. The Balaban J connectivity index is 2.46. The van der Waals surface area contributed by atoms with Crippen LogP contribution in [0.15, 0.2) is 11.1 Å². The van der Waals surface area contributed by atoms with Crippen molar-refractivity contribution in [1.82, 2.24) is 0 Å². The van der Waals surface area contributed by atoms with Crippen LogP contribution in [0.4, 0.5) is 0 Å². The standard InChI is InChI=1S/C14H24O/c1-13(2)9-5-6-11-10(13)7-8-12(15)14(11,3)4/h12,15H,5-9H2,1-4H3/t12-/m1/s1. The third-order valence-corrected chi connectivity index (χ3v) is 4.69. The van der Waals surface area contributed by atoms with Crippen LogP contribution in [0.1, 0.15) is 59.8 Å². The number of hydrogen-bond acceptors (Lipinski definition) is 1. The van der Waals surface area contributed by atoms with E-state index in [0.29, 0.717) is 5.41 Å². The molecule has 0 spiro atoms. The second-order valence-electron chi connectivity index (χ2n) is 6.47. The molecule has 2 rings (SSSR count). The van der Waals surface area contributed by atoms with E-state index in [1.54, 1.807) is 11.1 Å². The fourth-order valence-electron chi connectivity index (χ4n) is 3.46. The molecule has 86 valence electrons. The van der Waals surface area contributed by atoms with Crippen molar-refractivity contribution in [2.75, 3.05) is 0 Å². The van der Waals surface area contributed by atoms with Gasteiger partial charge in [-0.15, -0.1) is 0 Å². The van der Waals surface area contributed by atoms with Gasteiger partial charge in [0.2, 0.25) is 0 Å². The van der Waals surface area contributed by atoms with Crippen molar-refractivity contribution >= 4 is 0 Å². The van der Waals surface area contributed by atoms with Gasteiger partial charge < -0.3 is 5.11 Å². The lowest BCUT2D eigenvalue weighted by Gasteiger charge is -2.47. The molecule has 1 heteroatoms. The fourth-order valence-corrected chi connectivity index (χ4v) is 3.46. The molecular weight excluding hydrogens is 184 g/mol. The minimum absolute atomic E-state index is 0.0191. The molecule has 1 atom stereocenters. The van der Waals surface area contributed by atoms with Crippen molar-refractivity contribution in [3.63, 3.8) is 0 Å². The summed E-state index contributed by atoms with van der Waals surface area (Å²) in [5, 5.41) is 10.1. The number of aliphatic hydroxyl groups is 1. The lowest BCUT2D eigenvalue weighted by Crippen LogP contribution is -2.39. The molecule has 0 radical (unpaired) electrons. The molecule has 0 unspecified atom stereocenters. The molecule has 0 heterocycles. The predicted octanol–water partition coefficient (Wildman–Crippen LogP) is 3.67. The summed E-state index contributed by atoms with van der Waals surface area (Å²) in [6, 6.07) is 0. The minimum Gasteiger partial charge on any atom is -0.392 e. The highest BCUT2D eigenvalue weighted by Gasteiger charge is 2.42. The summed E-state index contributed by atoms with van der Waals surface area (Å²) in [6.45, 7) is 9.17. The topological polar surface area (TPSA) is 20.2 Å². The van der Waals surface area contributed by atoms with Crippen LogP contribution < -0.4 is 0 Å². The maximum absolute atomic E-state index is 10.1. The third-order valence-electron chi connectivity index (χ3n) is 4.69. The van der Waals surface area contributed by atoms with Crippen molar-refractivity contribution in [1.29, 1.82) is 0 Å². The number of allylic oxidation sites excluding steroid dienone is 1. The summed E-state index contributed by atoms with van der Waals surface area (Å²) in [5.74, 6) is 0. The zero-order chi connectivity index (χ0) is 11.3. The van der Waals surface area contributed by atoms with Gasteiger partial charge in [-0.1, -0.05) is 38.8 Å². The molecule has 2 aliphatic carbocycles. The van der Waals surface area contributed by atoms with E-state index in [1.807, 2.05) is 0 Å². The van der Waals surface area contributed by atoms with E-state index in [1.165, 1.54) is 19.3 Å². The van der Waals surface area contributed by atoms with Gasteiger partial charge >= 0.3 is 0 Å². The van der Waals surface area contributed by atoms with Gasteiger partial charge in [-0.05, 0) is 37.5 Å². The Morgan fingerprint density at radius 1 is 1.07 bits per heavy atom. The highest BCUT2D eigenvalue weighted by molar-refractivity contribution is 5.32. The third kappa shape index (κ3) is 1.65. The first-order valence-corrected chi connectivity index (χ1v) is 6.27. The van der Waals surface area contributed by atoms with Gasteiger partial charge in [0, 0.05) is 5.41 Å². The van der Waals surface area contributed by atoms with Gasteiger partial charge in [-0.25, -0.2) is 0 Å². The van der Waals surface area contributed by atoms with E-state index in [2.05, 4.69) is 27.7 Å². The van der Waals surface area contributed by atoms with Crippen LogP contribution in [0.25, 0.3) is 0 Å². The van der Waals surface area contributed by atoms with E-state index in [-0.39, 0.29) is 11.5 Å². The summed E-state index contributed by atoms with van der Waals surface area (Å²) in [4.78, 5) is 0. The zero-order valence-corrected chi connectivity index (χ0v) is 10.6. The molecule has 0 aromatic rings. The molecular formula is C14H24O. The highest BCUT2D eigenvalue weighted by atomic mass is 16.3. The van der Waals surface area contributed by atoms with Crippen molar-refractivity contribution in [2.45, 2.75) is 65.9 Å². The maximum Gasteiger partial charge on any atom is 0.0631 e. The molecule has 1 N–H and O–H groups in total. The minimum atomic E-state index is -0.134. The van der Waals surface area contributed by atoms with Crippen LogP contribution in [-0.2, 0) is 0 Å².